The molecule has 0 radical (unpaired) electrons. The van der Waals surface area contributed by atoms with Gasteiger partial charge in [0.15, 0.2) is 6.61 Å². The summed E-state index contributed by atoms with van der Waals surface area (Å²) in [5.41, 5.74) is 0.137. The Bertz CT molecular complexity index is 731. The smallest absolute Gasteiger partial charge is 0.344 e. The van der Waals surface area contributed by atoms with E-state index in [0.29, 0.717) is 11.4 Å². The van der Waals surface area contributed by atoms with E-state index in [9.17, 15) is 14.0 Å². The van der Waals surface area contributed by atoms with Crippen LogP contribution in [0.1, 0.15) is 17.3 Å². The molecule has 0 fully saturated rings. The number of anilines is 1. The van der Waals surface area contributed by atoms with Crippen LogP contribution in [0, 0.1) is 5.82 Å². The zero-order chi connectivity index (χ0) is 17.5. The van der Waals surface area contributed by atoms with Crippen LogP contribution in [-0.2, 0) is 9.53 Å². The summed E-state index contributed by atoms with van der Waals surface area (Å²) in [7, 11) is 0. The largest absolute Gasteiger partial charge is 0.482 e. The summed E-state index contributed by atoms with van der Waals surface area (Å²) < 4.78 is 23.8. The minimum Gasteiger partial charge on any atom is -0.482 e. The molecule has 0 aliphatic rings. The fraction of sp³-hybridized carbons (Fsp3) is 0.176. The summed E-state index contributed by atoms with van der Waals surface area (Å²) in [6, 6.07) is 10.3. The lowest BCUT2D eigenvalue weighted by Gasteiger charge is -2.10. The molecule has 1 amide bonds. The Morgan fingerprint density at radius 1 is 1.21 bits per heavy atom. The monoisotopic (exact) mass is 351 g/mol. The Hall–Kier alpha value is -2.60. The Balaban J connectivity index is 2.06. The quantitative estimate of drug-likeness (QED) is 0.806. The minimum atomic E-state index is -0.713. The van der Waals surface area contributed by atoms with Gasteiger partial charge in [-0.15, -0.1) is 0 Å². The number of hydrogen-bond acceptors (Lipinski definition) is 4. The van der Waals surface area contributed by atoms with Gasteiger partial charge in [-0.2, -0.15) is 0 Å². The number of halogens is 2. The number of amides is 1. The zero-order valence-electron chi connectivity index (χ0n) is 12.8. The van der Waals surface area contributed by atoms with Crippen LogP contribution in [0.2, 0.25) is 5.02 Å². The second-order valence-electron chi connectivity index (χ2n) is 4.67. The average molecular weight is 352 g/mol. The molecule has 7 heteroatoms. The molecule has 0 saturated carbocycles. The number of ether oxygens (including phenoxy) is 2. The first-order valence-corrected chi connectivity index (χ1v) is 7.53. The van der Waals surface area contributed by atoms with Crippen molar-refractivity contribution >= 4 is 29.2 Å². The van der Waals surface area contributed by atoms with E-state index in [4.69, 9.17) is 21.1 Å². The van der Waals surface area contributed by atoms with Crippen molar-refractivity contribution in [2.75, 3.05) is 18.5 Å². The van der Waals surface area contributed by atoms with Gasteiger partial charge in [0.05, 0.1) is 17.2 Å². The van der Waals surface area contributed by atoms with Gasteiger partial charge in [0, 0.05) is 11.8 Å². The van der Waals surface area contributed by atoms with Gasteiger partial charge in [0.25, 0.3) is 5.91 Å². The van der Waals surface area contributed by atoms with Crippen LogP contribution in [0.25, 0.3) is 0 Å². The zero-order valence-corrected chi connectivity index (χ0v) is 13.6. The predicted molar refractivity (Wildman–Crippen MR) is 87.9 cm³/mol. The molecule has 0 aliphatic heterocycles. The molecule has 5 nitrogen and oxygen atoms in total. The van der Waals surface area contributed by atoms with Crippen LogP contribution in [-0.4, -0.2) is 25.1 Å². The van der Waals surface area contributed by atoms with E-state index >= 15 is 0 Å². The van der Waals surface area contributed by atoms with Crippen LogP contribution in [0.3, 0.4) is 0 Å². The molecule has 1 N–H and O–H groups in total. The second-order valence-corrected chi connectivity index (χ2v) is 5.08. The first kappa shape index (κ1) is 17.7. The number of esters is 1. The van der Waals surface area contributed by atoms with Gasteiger partial charge in [-0.05, 0) is 31.2 Å². The van der Waals surface area contributed by atoms with Gasteiger partial charge < -0.3 is 14.8 Å². The van der Waals surface area contributed by atoms with Crippen molar-refractivity contribution in [3.63, 3.8) is 0 Å². The van der Waals surface area contributed by atoms with Crippen LogP contribution in [0.4, 0.5) is 10.1 Å². The molecule has 0 saturated heterocycles. The summed E-state index contributed by atoms with van der Waals surface area (Å²) in [6.45, 7) is 1.72. The molecule has 2 aromatic rings. The van der Waals surface area contributed by atoms with Gasteiger partial charge in [0.2, 0.25) is 0 Å². The fourth-order valence-corrected chi connectivity index (χ4v) is 2.17. The van der Waals surface area contributed by atoms with E-state index in [0.717, 1.165) is 6.07 Å². The third-order valence-electron chi connectivity index (χ3n) is 2.94. The molecule has 0 atom stereocenters. The second kappa shape index (κ2) is 8.31. The lowest BCUT2D eigenvalue weighted by molar-refractivity contribution is -0.145. The Kier molecular flexibility index (Phi) is 6.14. The summed E-state index contributed by atoms with van der Waals surface area (Å²) in [6.07, 6.45) is 0. The van der Waals surface area contributed by atoms with Crippen molar-refractivity contribution in [3.8, 4) is 5.75 Å². The highest BCUT2D eigenvalue weighted by Gasteiger charge is 2.16. The predicted octanol–water partition coefficient (Wildman–Crippen LogP) is 3.67. The Morgan fingerprint density at radius 3 is 2.67 bits per heavy atom. The molecule has 0 aromatic heterocycles. The van der Waals surface area contributed by atoms with Gasteiger partial charge >= 0.3 is 5.97 Å². The van der Waals surface area contributed by atoms with Gasteiger partial charge in [0.1, 0.15) is 11.6 Å². The average Bonchev–Trinajstić information content (AvgIpc) is 2.53. The first-order chi connectivity index (χ1) is 11.5. The topological polar surface area (TPSA) is 64.6 Å². The number of hydrogen-bond donors (Lipinski definition) is 1. The molecule has 0 spiro atoms. The summed E-state index contributed by atoms with van der Waals surface area (Å²) >= 11 is 5.86. The number of carbonyl (C=O) groups excluding carboxylic acids is 2. The molecule has 2 rings (SSSR count). The van der Waals surface area contributed by atoms with Crippen molar-refractivity contribution in [2.24, 2.45) is 0 Å². The van der Waals surface area contributed by atoms with Crippen LogP contribution in [0.15, 0.2) is 42.5 Å². The maximum Gasteiger partial charge on any atom is 0.344 e. The molecule has 0 bridgehead atoms. The van der Waals surface area contributed by atoms with E-state index in [1.807, 2.05) is 0 Å². The molecule has 0 heterocycles. The lowest BCUT2D eigenvalue weighted by Crippen LogP contribution is -2.16. The third-order valence-corrected chi connectivity index (χ3v) is 3.26. The highest BCUT2D eigenvalue weighted by molar-refractivity contribution is 6.34. The molecule has 126 valence electrons. The van der Waals surface area contributed by atoms with Crippen molar-refractivity contribution < 1.29 is 23.5 Å². The van der Waals surface area contributed by atoms with Crippen molar-refractivity contribution in [1.82, 2.24) is 0 Å². The van der Waals surface area contributed by atoms with E-state index in [2.05, 4.69) is 5.32 Å². The summed E-state index contributed by atoms with van der Waals surface area (Å²) in [5.74, 6) is -1.53. The fourth-order valence-electron chi connectivity index (χ4n) is 1.92. The van der Waals surface area contributed by atoms with E-state index < -0.39 is 17.7 Å². The first-order valence-electron chi connectivity index (χ1n) is 7.15. The number of carbonyl (C=O) groups is 2. The van der Waals surface area contributed by atoms with Crippen molar-refractivity contribution in [2.45, 2.75) is 6.92 Å². The molecule has 2 aromatic carbocycles. The highest BCUT2D eigenvalue weighted by atomic mass is 35.5. The van der Waals surface area contributed by atoms with E-state index in [-0.39, 0.29) is 23.8 Å². The third kappa shape index (κ3) is 4.70. The normalized spacial score (nSPS) is 10.1. The van der Waals surface area contributed by atoms with Gasteiger partial charge in [-0.1, -0.05) is 23.7 Å². The van der Waals surface area contributed by atoms with Crippen LogP contribution in [0.5, 0.6) is 5.75 Å². The maximum absolute atomic E-state index is 13.7. The highest BCUT2D eigenvalue weighted by Crippen LogP contribution is 2.22. The SMILES string of the molecule is CCOC(=O)COc1cccc(NC(=O)c2c(F)cccc2Cl)c1. The van der Waals surface area contributed by atoms with E-state index in [1.54, 1.807) is 25.1 Å². The number of rotatable bonds is 6. The standard InChI is InChI=1S/C17H15ClFNO4/c1-2-23-15(21)10-24-12-6-3-5-11(9-12)20-17(22)16-13(18)7-4-8-14(16)19/h3-9H,2,10H2,1H3,(H,20,22). The number of benzene rings is 2. The number of nitrogens with one attached hydrogen (secondary N) is 1. The molecule has 24 heavy (non-hydrogen) atoms. The maximum atomic E-state index is 13.7. The van der Waals surface area contributed by atoms with Crippen molar-refractivity contribution in [1.29, 1.82) is 0 Å². The van der Waals surface area contributed by atoms with Gasteiger partial charge in [-0.25, -0.2) is 9.18 Å². The molecular weight excluding hydrogens is 337 g/mol. The lowest BCUT2D eigenvalue weighted by atomic mass is 10.2. The van der Waals surface area contributed by atoms with Crippen molar-refractivity contribution in [3.05, 3.63) is 58.9 Å². The molecule has 0 unspecified atom stereocenters. The minimum absolute atomic E-state index is 0.0159. The molecule has 0 aliphatic carbocycles. The van der Waals surface area contributed by atoms with Crippen LogP contribution >= 0.6 is 11.6 Å². The summed E-state index contributed by atoms with van der Waals surface area (Å²) in [4.78, 5) is 23.4. The van der Waals surface area contributed by atoms with E-state index in [1.165, 1.54) is 18.2 Å². The van der Waals surface area contributed by atoms with Crippen LogP contribution < -0.4 is 10.1 Å². The summed E-state index contributed by atoms with van der Waals surface area (Å²) in [5, 5.41) is 2.55. The Morgan fingerprint density at radius 2 is 1.96 bits per heavy atom. The Labute approximate surface area is 143 Å². The van der Waals surface area contributed by atoms with Gasteiger partial charge in [-0.3, -0.25) is 4.79 Å². The molecular formula is C17H15ClFNO4.